The van der Waals surface area contributed by atoms with Crippen molar-refractivity contribution < 1.29 is 9.53 Å². The number of carbonyl (C=O) groups is 1. The summed E-state index contributed by atoms with van der Waals surface area (Å²) in [5.41, 5.74) is 1.47. The average molecular weight is 221 g/mol. The van der Waals surface area contributed by atoms with E-state index >= 15 is 0 Å². The Morgan fingerprint density at radius 3 is 3.12 bits per heavy atom. The SMILES string of the molecule is C=CCNC(=O)OCCCCC1=CC=CC1. The van der Waals surface area contributed by atoms with Gasteiger partial charge in [0.1, 0.15) is 0 Å². The van der Waals surface area contributed by atoms with Crippen LogP contribution in [0.15, 0.2) is 36.5 Å². The van der Waals surface area contributed by atoms with Gasteiger partial charge in [-0.3, -0.25) is 0 Å². The lowest BCUT2D eigenvalue weighted by atomic mass is 10.1. The van der Waals surface area contributed by atoms with Crippen LogP contribution in [0.25, 0.3) is 0 Å². The first kappa shape index (κ1) is 12.6. The number of ether oxygens (including phenoxy) is 1. The second-order valence-electron chi connectivity index (χ2n) is 3.72. The molecule has 1 amide bonds. The van der Waals surface area contributed by atoms with Crippen molar-refractivity contribution in [3.05, 3.63) is 36.5 Å². The van der Waals surface area contributed by atoms with Crippen molar-refractivity contribution in [2.45, 2.75) is 25.7 Å². The Morgan fingerprint density at radius 2 is 2.44 bits per heavy atom. The van der Waals surface area contributed by atoms with E-state index in [0.29, 0.717) is 13.2 Å². The first-order valence-electron chi connectivity index (χ1n) is 5.69. The highest BCUT2D eigenvalue weighted by molar-refractivity contribution is 5.67. The van der Waals surface area contributed by atoms with Gasteiger partial charge >= 0.3 is 6.09 Å². The highest BCUT2D eigenvalue weighted by atomic mass is 16.5. The van der Waals surface area contributed by atoms with Crippen molar-refractivity contribution in [2.24, 2.45) is 0 Å². The topological polar surface area (TPSA) is 38.3 Å². The Balaban J connectivity index is 1.91. The van der Waals surface area contributed by atoms with Gasteiger partial charge in [0, 0.05) is 6.54 Å². The number of nitrogens with one attached hydrogen (secondary N) is 1. The van der Waals surface area contributed by atoms with Crippen molar-refractivity contribution in [2.75, 3.05) is 13.2 Å². The van der Waals surface area contributed by atoms with Crippen LogP contribution < -0.4 is 5.32 Å². The number of unbranched alkanes of at least 4 members (excludes halogenated alkanes) is 1. The zero-order valence-corrected chi connectivity index (χ0v) is 9.58. The molecule has 1 aliphatic carbocycles. The molecule has 0 saturated carbocycles. The van der Waals surface area contributed by atoms with Crippen molar-refractivity contribution >= 4 is 6.09 Å². The summed E-state index contributed by atoms with van der Waals surface area (Å²) in [6.07, 6.45) is 11.9. The summed E-state index contributed by atoms with van der Waals surface area (Å²) in [6, 6.07) is 0. The highest BCUT2D eigenvalue weighted by Gasteiger charge is 2.01. The largest absolute Gasteiger partial charge is 0.450 e. The second-order valence-corrected chi connectivity index (χ2v) is 3.72. The van der Waals surface area contributed by atoms with Gasteiger partial charge in [-0.05, 0) is 25.7 Å². The van der Waals surface area contributed by atoms with Crippen LogP contribution in [0.3, 0.4) is 0 Å². The molecule has 0 bridgehead atoms. The Bertz CT molecular complexity index is 292. The molecular weight excluding hydrogens is 202 g/mol. The van der Waals surface area contributed by atoms with Gasteiger partial charge in [-0.2, -0.15) is 0 Å². The van der Waals surface area contributed by atoms with E-state index in [9.17, 15) is 4.79 Å². The Labute approximate surface area is 96.9 Å². The molecular formula is C13H19NO2. The Kier molecular flexibility index (Phi) is 6.07. The molecule has 0 saturated heterocycles. The number of hydrogen-bond acceptors (Lipinski definition) is 2. The van der Waals surface area contributed by atoms with Crippen LogP contribution in [0.1, 0.15) is 25.7 Å². The van der Waals surface area contributed by atoms with E-state index in [0.717, 1.165) is 25.7 Å². The van der Waals surface area contributed by atoms with Crippen LogP contribution in [0.5, 0.6) is 0 Å². The van der Waals surface area contributed by atoms with Crippen molar-refractivity contribution in [3.8, 4) is 0 Å². The third-order valence-electron chi connectivity index (χ3n) is 2.36. The van der Waals surface area contributed by atoms with E-state index in [4.69, 9.17) is 4.74 Å². The molecule has 0 fully saturated rings. The van der Waals surface area contributed by atoms with Gasteiger partial charge in [0.25, 0.3) is 0 Å². The maximum absolute atomic E-state index is 11.0. The summed E-state index contributed by atoms with van der Waals surface area (Å²) in [5, 5.41) is 2.56. The van der Waals surface area contributed by atoms with Gasteiger partial charge in [-0.15, -0.1) is 6.58 Å². The second kappa shape index (κ2) is 7.74. The molecule has 0 spiro atoms. The standard InChI is InChI=1S/C13H19NO2/c1-2-10-14-13(15)16-11-6-5-9-12-7-3-4-8-12/h2-4,7H,1,5-6,8-11H2,(H,14,15). The zero-order chi connectivity index (χ0) is 11.6. The minimum atomic E-state index is -0.360. The molecule has 88 valence electrons. The number of hydrogen-bond donors (Lipinski definition) is 1. The summed E-state index contributed by atoms with van der Waals surface area (Å²) >= 11 is 0. The van der Waals surface area contributed by atoms with Gasteiger partial charge in [0.15, 0.2) is 0 Å². The maximum Gasteiger partial charge on any atom is 0.407 e. The maximum atomic E-state index is 11.0. The lowest BCUT2D eigenvalue weighted by Crippen LogP contribution is -2.24. The monoisotopic (exact) mass is 221 g/mol. The number of carbonyl (C=O) groups excluding carboxylic acids is 1. The number of allylic oxidation sites excluding steroid dienone is 4. The van der Waals surface area contributed by atoms with Gasteiger partial charge in [-0.25, -0.2) is 4.79 Å². The van der Waals surface area contributed by atoms with Crippen LogP contribution in [-0.4, -0.2) is 19.2 Å². The normalized spacial score (nSPS) is 13.4. The summed E-state index contributed by atoms with van der Waals surface area (Å²) in [4.78, 5) is 11.0. The Hall–Kier alpha value is -1.51. The fourth-order valence-electron chi connectivity index (χ4n) is 1.50. The predicted octanol–water partition coefficient (Wildman–Crippen LogP) is 2.96. The number of amides is 1. The van der Waals surface area contributed by atoms with Gasteiger partial charge in [0.05, 0.1) is 6.61 Å². The van der Waals surface area contributed by atoms with Crippen LogP contribution in [0.4, 0.5) is 4.79 Å². The molecule has 1 aliphatic rings. The zero-order valence-electron chi connectivity index (χ0n) is 9.58. The van der Waals surface area contributed by atoms with E-state index in [1.807, 2.05) is 0 Å². The third kappa shape index (κ3) is 5.39. The molecule has 16 heavy (non-hydrogen) atoms. The summed E-state index contributed by atoms with van der Waals surface area (Å²) in [7, 11) is 0. The van der Waals surface area contributed by atoms with Gasteiger partial charge < -0.3 is 10.1 Å². The van der Waals surface area contributed by atoms with Crippen LogP contribution in [-0.2, 0) is 4.74 Å². The molecule has 3 heteroatoms. The number of alkyl carbamates (subject to hydrolysis) is 1. The first-order valence-corrected chi connectivity index (χ1v) is 5.69. The van der Waals surface area contributed by atoms with Gasteiger partial charge in [-0.1, -0.05) is 29.9 Å². The molecule has 0 heterocycles. The van der Waals surface area contributed by atoms with E-state index in [2.05, 4.69) is 30.1 Å². The van der Waals surface area contributed by atoms with Gasteiger partial charge in [0.2, 0.25) is 0 Å². The highest BCUT2D eigenvalue weighted by Crippen LogP contribution is 2.16. The number of rotatable bonds is 7. The third-order valence-corrected chi connectivity index (χ3v) is 2.36. The smallest absolute Gasteiger partial charge is 0.407 e. The van der Waals surface area contributed by atoms with E-state index < -0.39 is 0 Å². The molecule has 1 N–H and O–H groups in total. The average Bonchev–Trinajstić information content (AvgIpc) is 2.79. The van der Waals surface area contributed by atoms with Crippen LogP contribution in [0, 0.1) is 0 Å². The van der Waals surface area contributed by atoms with E-state index in [1.54, 1.807) is 6.08 Å². The Morgan fingerprint density at radius 1 is 1.56 bits per heavy atom. The minimum absolute atomic E-state index is 0.360. The molecule has 0 unspecified atom stereocenters. The quantitative estimate of drug-likeness (QED) is 0.530. The van der Waals surface area contributed by atoms with Crippen molar-refractivity contribution in [1.82, 2.24) is 5.32 Å². The first-order chi connectivity index (χ1) is 7.83. The van der Waals surface area contributed by atoms with Crippen molar-refractivity contribution in [3.63, 3.8) is 0 Å². The summed E-state index contributed by atoms with van der Waals surface area (Å²) < 4.78 is 4.98. The molecule has 0 aromatic carbocycles. The van der Waals surface area contributed by atoms with E-state index in [-0.39, 0.29) is 6.09 Å². The molecule has 0 aromatic rings. The fourth-order valence-corrected chi connectivity index (χ4v) is 1.50. The molecule has 1 rings (SSSR count). The lowest BCUT2D eigenvalue weighted by Gasteiger charge is -2.05. The fraction of sp³-hybridized carbons (Fsp3) is 0.462. The molecule has 0 radical (unpaired) electrons. The minimum Gasteiger partial charge on any atom is -0.450 e. The lowest BCUT2D eigenvalue weighted by molar-refractivity contribution is 0.145. The summed E-state index contributed by atoms with van der Waals surface area (Å²) in [5.74, 6) is 0. The van der Waals surface area contributed by atoms with Crippen LogP contribution >= 0.6 is 0 Å². The van der Waals surface area contributed by atoms with Crippen LogP contribution in [0.2, 0.25) is 0 Å². The molecule has 0 aromatic heterocycles. The predicted molar refractivity (Wildman–Crippen MR) is 65.2 cm³/mol. The van der Waals surface area contributed by atoms with Crippen molar-refractivity contribution in [1.29, 1.82) is 0 Å². The molecule has 0 atom stereocenters. The molecule has 0 aliphatic heterocycles. The summed E-state index contributed by atoms with van der Waals surface area (Å²) in [6.45, 7) is 4.45. The molecule has 3 nitrogen and oxygen atoms in total. The van der Waals surface area contributed by atoms with E-state index in [1.165, 1.54) is 5.57 Å².